The lowest BCUT2D eigenvalue weighted by atomic mass is 9.97. The molecule has 16 heavy (non-hydrogen) atoms. The zero-order valence-electron chi connectivity index (χ0n) is 9.09. The van der Waals surface area contributed by atoms with E-state index in [1.54, 1.807) is 11.0 Å². The second-order valence-electron chi connectivity index (χ2n) is 4.01. The van der Waals surface area contributed by atoms with Crippen molar-refractivity contribution < 1.29 is 14.4 Å². The Bertz CT molecular complexity index is 397. The van der Waals surface area contributed by atoms with Gasteiger partial charge in [0.1, 0.15) is 6.26 Å². The Morgan fingerprint density at radius 3 is 3.06 bits per heavy atom. The minimum absolute atomic E-state index is 0.0300. The van der Waals surface area contributed by atoms with Gasteiger partial charge in [-0.1, -0.05) is 12.1 Å². The largest absolute Gasteiger partial charge is 0.472 e. The third-order valence-electron chi connectivity index (χ3n) is 2.88. The van der Waals surface area contributed by atoms with Crippen molar-refractivity contribution in [2.75, 3.05) is 13.1 Å². The van der Waals surface area contributed by atoms with Crippen molar-refractivity contribution >= 4 is 11.6 Å². The van der Waals surface area contributed by atoms with Crippen LogP contribution in [0, 0.1) is 5.92 Å². The Hall–Kier alpha value is -1.78. The average molecular weight is 222 g/mol. The summed E-state index contributed by atoms with van der Waals surface area (Å²) in [5, 5.41) is 12.0. The summed E-state index contributed by atoms with van der Waals surface area (Å²) in [5.41, 5.74) is 1.33. The highest BCUT2D eigenvalue weighted by atomic mass is 16.4. The predicted molar refractivity (Wildman–Crippen MR) is 57.6 cm³/mol. The number of carbonyl (C=O) groups excluding carboxylic acids is 1. The van der Waals surface area contributed by atoms with Gasteiger partial charge < -0.3 is 14.5 Å². The molecular weight excluding hydrogens is 208 g/mol. The van der Waals surface area contributed by atoms with E-state index in [4.69, 9.17) is 9.62 Å². The summed E-state index contributed by atoms with van der Waals surface area (Å²) >= 11 is 0. The van der Waals surface area contributed by atoms with Crippen LogP contribution < -0.4 is 0 Å². The van der Waals surface area contributed by atoms with Crippen LogP contribution in [0.3, 0.4) is 0 Å². The summed E-state index contributed by atoms with van der Waals surface area (Å²) < 4.78 is 4.88. The highest BCUT2D eigenvalue weighted by molar-refractivity contribution is 5.96. The van der Waals surface area contributed by atoms with Crippen molar-refractivity contribution in [1.82, 2.24) is 4.90 Å². The first-order valence-corrected chi connectivity index (χ1v) is 5.24. The fraction of sp³-hybridized carbons (Fsp3) is 0.455. The topological polar surface area (TPSA) is 66.0 Å². The summed E-state index contributed by atoms with van der Waals surface area (Å²) in [5.74, 6) is 0.0761. The molecule has 0 saturated carbocycles. The van der Waals surface area contributed by atoms with Crippen LogP contribution in [0.5, 0.6) is 0 Å². The first-order valence-electron chi connectivity index (χ1n) is 5.24. The maximum Gasteiger partial charge on any atom is 0.257 e. The van der Waals surface area contributed by atoms with Gasteiger partial charge in [0, 0.05) is 25.4 Å². The molecule has 1 aromatic heterocycles. The molecule has 0 radical (unpaired) electrons. The highest BCUT2D eigenvalue weighted by Crippen LogP contribution is 2.16. The molecule has 1 aromatic rings. The van der Waals surface area contributed by atoms with Crippen LogP contribution in [-0.4, -0.2) is 34.8 Å². The van der Waals surface area contributed by atoms with Crippen LogP contribution in [0.25, 0.3) is 0 Å². The second-order valence-corrected chi connectivity index (χ2v) is 4.01. The summed E-state index contributed by atoms with van der Waals surface area (Å²) in [6.45, 7) is 3.13. The summed E-state index contributed by atoms with van der Waals surface area (Å²) in [6, 6.07) is 1.66. The predicted octanol–water partition coefficient (Wildman–Crippen LogP) is 1.59. The molecule has 0 aromatic carbocycles. The molecule has 1 amide bonds. The van der Waals surface area contributed by atoms with E-state index in [-0.39, 0.29) is 11.8 Å². The number of hydrogen-bond acceptors (Lipinski definition) is 4. The molecule has 0 spiro atoms. The molecule has 1 atom stereocenters. The van der Waals surface area contributed by atoms with Gasteiger partial charge in [0.2, 0.25) is 0 Å². The molecule has 2 rings (SSSR count). The Kier molecular flexibility index (Phi) is 2.94. The van der Waals surface area contributed by atoms with E-state index >= 15 is 0 Å². The molecule has 1 N–H and O–H groups in total. The van der Waals surface area contributed by atoms with E-state index in [1.165, 1.54) is 12.5 Å². The van der Waals surface area contributed by atoms with Crippen LogP contribution in [0.15, 0.2) is 28.2 Å². The summed E-state index contributed by atoms with van der Waals surface area (Å²) in [4.78, 5) is 13.7. The number of oxime groups is 1. The molecule has 1 aliphatic rings. The molecule has 2 heterocycles. The van der Waals surface area contributed by atoms with Gasteiger partial charge in [-0.3, -0.25) is 4.79 Å². The van der Waals surface area contributed by atoms with Crippen molar-refractivity contribution in [2.45, 2.75) is 13.3 Å². The zero-order chi connectivity index (χ0) is 11.5. The second kappa shape index (κ2) is 4.38. The number of carbonyl (C=O) groups is 1. The fourth-order valence-electron chi connectivity index (χ4n) is 1.92. The summed E-state index contributed by atoms with van der Waals surface area (Å²) in [6.07, 6.45) is 3.56. The van der Waals surface area contributed by atoms with E-state index in [0.717, 1.165) is 5.71 Å². The average Bonchev–Trinajstić information content (AvgIpc) is 2.81. The molecule has 1 saturated heterocycles. The number of rotatable bonds is 1. The number of likely N-dealkylation sites (tertiary alicyclic amines) is 1. The lowest BCUT2D eigenvalue weighted by molar-refractivity contribution is 0.0733. The standard InChI is InChI=1S/C11H14N2O3/c1-8-6-13(4-2-10(8)12-15)11(14)9-3-5-16-7-9/h3,5,7-8,15H,2,4,6H2,1H3/b12-10+. The smallest absolute Gasteiger partial charge is 0.257 e. The third kappa shape index (κ3) is 1.93. The van der Waals surface area contributed by atoms with Gasteiger partial charge in [-0.2, -0.15) is 0 Å². The van der Waals surface area contributed by atoms with Gasteiger partial charge >= 0.3 is 0 Å². The summed E-state index contributed by atoms with van der Waals surface area (Å²) in [7, 11) is 0. The van der Waals surface area contributed by atoms with Gasteiger partial charge in [0.15, 0.2) is 0 Å². The van der Waals surface area contributed by atoms with Crippen molar-refractivity contribution in [3.63, 3.8) is 0 Å². The first kappa shape index (κ1) is 10.7. The maximum absolute atomic E-state index is 12.0. The Morgan fingerprint density at radius 1 is 1.69 bits per heavy atom. The van der Waals surface area contributed by atoms with Crippen LogP contribution in [0.4, 0.5) is 0 Å². The van der Waals surface area contributed by atoms with Crippen molar-refractivity contribution in [2.24, 2.45) is 11.1 Å². The highest BCUT2D eigenvalue weighted by Gasteiger charge is 2.26. The van der Waals surface area contributed by atoms with Gasteiger partial charge in [-0.25, -0.2) is 0 Å². The normalized spacial score (nSPS) is 23.7. The minimum Gasteiger partial charge on any atom is -0.472 e. The van der Waals surface area contributed by atoms with E-state index in [2.05, 4.69) is 5.16 Å². The van der Waals surface area contributed by atoms with Crippen LogP contribution >= 0.6 is 0 Å². The number of hydrogen-bond donors (Lipinski definition) is 1. The van der Waals surface area contributed by atoms with Gasteiger partial charge in [0.05, 0.1) is 17.5 Å². The number of piperidine rings is 1. The van der Waals surface area contributed by atoms with E-state index < -0.39 is 0 Å². The number of furan rings is 1. The monoisotopic (exact) mass is 222 g/mol. The van der Waals surface area contributed by atoms with Crippen LogP contribution in [0.1, 0.15) is 23.7 Å². The van der Waals surface area contributed by atoms with Crippen LogP contribution in [-0.2, 0) is 0 Å². The molecule has 5 nitrogen and oxygen atoms in total. The first-order chi connectivity index (χ1) is 7.72. The van der Waals surface area contributed by atoms with E-state index in [0.29, 0.717) is 25.1 Å². The number of nitrogens with zero attached hydrogens (tertiary/aromatic N) is 2. The maximum atomic E-state index is 12.0. The third-order valence-corrected chi connectivity index (χ3v) is 2.88. The quantitative estimate of drug-likeness (QED) is 0.579. The number of amides is 1. The molecule has 5 heteroatoms. The molecular formula is C11H14N2O3. The van der Waals surface area contributed by atoms with Crippen molar-refractivity contribution in [1.29, 1.82) is 0 Å². The fourth-order valence-corrected chi connectivity index (χ4v) is 1.92. The van der Waals surface area contributed by atoms with Crippen molar-refractivity contribution in [3.05, 3.63) is 24.2 Å². The Morgan fingerprint density at radius 2 is 2.50 bits per heavy atom. The van der Waals surface area contributed by atoms with E-state index in [1.807, 2.05) is 6.92 Å². The Labute approximate surface area is 93.3 Å². The SMILES string of the molecule is CC1CN(C(=O)c2ccoc2)CC/C1=N\O. The van der Waals surface area contributed by atoms with Gasteiger partial charge in [-0.05, 0) is 6.07 Å². The van der Waals surface area contributed by atoms with Gasteiger partial charge in [0.25, 0.3) is 5.91 Å². The minimum atomic E-state index is -0.0300. The van der Waals surface area contributed by atoms with E-state index in [9.17, 15) is 4.79 Å². The molecule has 1 unspecified atom stereocenters. The Balaban J connectivity index is 2.06. The lowest BCUT2D eigenvalue weighted by Gasteiger charge is -2.31. The van der Waals surface area contributed by atoms with Crippen LogP contribution in [0.2, 0.25) is 0 Å². The zero-order valence-corrected chi connectivity index (χ0v) is 9.09. The van der Waals surface area contributed by atoms with Gasteiger partial charge in [-0.15, -0.1) is 0 Å². The lowest BCUT2D eigenvalue weighted by Crippen LogP contribution is -2.43. The van der Waals surface area contributed by atoms with Crippen molar-refractivity contribution in [3.8, 4) is 0 Å². The molecule has 86 valence electrons. The molecule has 0 bridgehead atoms. The molecule has 1 fully saturated rings. The molecule has 0 aliphatic carbocycles. The molecule has 1 aliphatic heterocycles.